The zero-order valence-electron chi connectivity index (χ0n) is 10.5. The van der Waals surface area contributed by atoms with Gasteiger partial charge < -0.3 is 10.1 Å². The first-order valence-electron chi connectivity index (χ1n) is 6.34. The SMILES string of the molecule is Cc1nnc2c(OCC3CCCNC3)nccn12. The highest BCUT2D eigenvalue weighted by Gasteiger charge is 2.15. The van der Waals surface area contributed by atoms with Gasteiger partial charge >= 0.3 is 0 Å². The van der Waals surface area contributed by atoms with E-state index in [2.05, 4.69) is 20.5 Å². The smallest absolute Gasteiger partial charge is 0.260 e. The molecule has 1 unspecified atom stereocenters. The lowest BCUT2D eigenvalue weighted by Crippen LogP contribution is -2.33. The molecule has 0 spiro atoms. The summed E-state index contributed by atoms with van der Waals surface area (Å²) in [5.41, 5.74) is 0.693. The van der Waals surface area contributed by atoms with Crippen LogP contribution >= 0.6 is 0 Å². The maximum absolute atomic E-state index is 5.80. The molecule has 0 bridgehead atoms. The quantitative estimate of drug-likeness (QED) is 0.869. The van der Waals surface area contributed by atoms with Crippen molar-refractivity contribution < 1.29 is 4.74 Å². The molecule has 18 heavy (non-hydrogen) atoms. The van der Waals surface area contributed by atoms with Gasteiger partial charge in [0.2, 0.25) is 5.65 Å². The Morgan fingerprint density at radius 1 is 1.50 bits per heavy atom. The first kappa shape index (κ1) is 11.4. The molecule has 1 aliphatic rings. The number of hydrogen-bond acceptors (Lipinski definition) is 5. The minimum Gasteiger partial charge on any atom is -0.475 e. The summed E-state index contributed by atoms with van der Waals surface area (Å²) in [7, 11) is 0. The molecular weight excluding hydrogens is 230 g/mol. The lowest BCUT2D eigenvalue weighted by molar-refractivity contribution is 0.213. The third-order valence-corrected chi connectivity index (χ3v) is 3.32. The Hall–Kier alpha value is -1.69. The van der Waals surface area contributed by atoms with Crippen LogP contribution in [0.15, 0.2) is 12.4 Å². The van der Waals surface area contributed by atoms with E-state index in [0.29, 0.717) is 24.1 Å². The molecule has 2 aromatic rings. The lowest BCUT2D eigenvalue weighted by atomic mass is 10.0. The van der Waals surface area contributed by atoms with Gasteiger partial charge in [0.05, 0.1) is 6.61 Å². The highest BCUT2D eigenvalue weighted by Crippen LogP contribution is 2.17. The van der Waals surface area contributed by atoms with Gasteiger partial charge in [-0.25, -0.2) is 4.98 Å². The fourth-order valence-electron chi connectivity index (χ4n) is 2.28. The zero-order chi connectivity index (χ0) is 12.4. The summed E-state index contributed by atoms with van der Waals surface area (Å²) in [6.45, 7) is 4.74. The topological polar surface area (TPSA) is 64.3 Å². The molecule has 3 heterocycles. The van der Waals surface area contributed by atoms with E-state index in [-0.39, 0.29) is 0 Å². The molecule has 0 saturated carbocycles. The van der Waals surface area contributed by atoms with E-state index >= 15 is 0 Å². The van der Waals surface area contributed by atoms with Gasteiger partial charge in [-0.3, -0.25) is 4.40 Å². The molecule has 0 aliphatic carbocycles. The van der Waals surface area contributed by atoms with Crippen LogP contribution in [0.4, 0.5) is 0 Å². The highest BCUT2D eigenvalue weighted by atomic mass is 16.5. The average Bonchev–Trinajstić information content (AvgIpc) is 2.80. The van der Waals surface area contributed by atoms with Crippen LogP contribution in [0.25, 0.3) is 5.65 Å². The van der Waals surface area contributed by atoms with E-state index in [1.54, 1.807) is 6.20 Å². The van der Waals surface area contributed by atoms with Gasteiger partial charge in [-0.05, 0) is 26.3 Å². The summed E-state index contributed by atoms with van der Waals surface area (Å²) in [6.07, 6.45) is 6.00. The van der Waals surface area contributed by atoms with E-state index in [1.807, 2.05) is 17.5 Å². The molecular formula is C12H17N5O. The third kappa shape index (κ3) is 2.15. The molecule has 1 N–H and O–H groups in total. The predicted octanol–water partition coefficient (Wildman–Crippen LogP) is 0.811. The Kier molecular flexibility index (Phi) is 3.10. The number of fused-ring (bicyclic) bond motifs is 1. The van der Waals surface area contributed by atoms with Gasteiger partial charge in [-0.15, -0.1) is 10.2 Å². The normalized spacial score (nSPS) is 20.2. The average molecular weight is 247 g/mol. The van der Waals surface area contributed by atoms with Crippen molar-refractivity contribution in [2.75, 3.05) is 19.7 Å². The largest absolute Gasteiger partial charge is 0.475 e. The van der Waals surface area contributed by atoms with Gasteiger partial charge in [0.1, 0.15) is 5.82 Å². The van der Waals surface area contributed by atoms with E-state index in [4.69, 9.17) is 4.74 Å². The second-order valence-electron chi connectivity index (χ2n) is 4.70. The van der Waals surface area contributed by atoms with Crippen molar-refractivity contribution in [3.8, 4) is 5.88 Å². The van der Waals surface area contributed by atoms with Crippen molar-refractivity contribution in [3.63, 3.8) is 0 Å². The maximum Gasteiger partial charge on any atom is 0.260 e. The van der Waals surface area contributed by atoms with E-state index < -0.39 is 0 Å². The van der Waals surface area contributed by atoms with Crippen LogP contribution in [0.2, 0.25) is 0 Å². The molecule has 0 radical (unpaired) electrons. The lowest BCUT2D eigenvalue weighted by Gasteiger charge is -2.22. The maximum atomic E-state index is 5.80. The Labute approximate surface area is 105 Å². The van der Waals surface area contributed by atoms with Crippen LogP contribution in [0, 0.1) is 12.8 Å². The molecule has 1 saturated heterocycles. The molecule has 96 valence electrons. The summed E-state index contributed by atoms with van der Waals surface area (Å²) in [4.78, 5) is 4.24. The van der Waals surface area contributed by atoms with Crippen LogP contribution in [-0.4, -0.2) is 39.3 Å². The zero-order valence-corrected chi connectivity index (χ0v) is 10.5. The molecule has 2 aromatic heterocycles. The van der Waals surface area contributed by atoms with E-state index in [1.165, 1.54) is 12.8 Å². The van der Waals surface area contributed by atoms with Gasteiger partial charge in [0, 0.05) is 24.9 Å². The summed E-state index contributed by atoms with van der Waals surface area (Å²) in [5.74, 6) is 1.98. The van der Waals surface area contributed by atoms with Gasteiger partial charge in [0.25, 0.3) is 5.88 Å². The third-order valence-electron chi connectivity index (χ3n) is 3.32. The molecule has 6 nitrogen and oxygen atoms in total. The van der Waals surface area contributed by atoms with Crippen molar-refractivity contribution in [2.24, 2.45) is 5.92 Å². The monoisotopic (exact) mass is 247 g/mol. The van der Waals surface area contributed by atoms with Gasteiger partial charge in [-0.2, -0.15) is 0 Å². The van der Waals surface area contributed by atoms with Crippen molar-refractivity contribution in [1.82, 2.24) is 24.9 Å². The summed E-state index contributed by atoms with van der Waals surface area (Å²) >= 11 is 0. The van der Waals surface area contributed by atoms with Gasteiger partial charge in [-0.1, -0.05) is 0 Å². The van der Waals surface area contributed by atoms with Crippen molar-refractivity contribution in [3.05, 3.63) is 18.2 Å². The molecule has 1 atom stereocenters. The number of rotatable bonds is 3. The minimum atomic E-state index is 0.560. The molecule has 3 rings (SSSR count). The molecule has 6 heteroatoms. The number of nitrogens with one attached hydrogen (secondary N) is 1. The second-order valence-corrected chi connectivity index (χ2v) is 4.70. The Morgan fingerprint density at radius 3 is 3.28 bits per heavy atom. The summed E-state index contributed by atoms with van der Waals surface area (Å²) in [6, 6.07) is 0. The Balaban J connectivity index is 1.74. The fourth-order valence-corrected chi connectivity index (χ4v) is 2.28. The Morgan fingerprint density at radius 2 is 2.44 bits per heavy atom. The van der Waals surface area contributed by atoms with E-state index in [9.17, 15) is 0 Å². The number of nitrogens with zero attached hydrogens (tertiary/aromatic N) is 4. The fraction of sp³-hybridized carbons (Fsp3) is 0.583. The number of hydrogen-bond donors (Lipinski definition) is 1. The van der Waals surface area contributed by atoms with Crippen molar-refractivity contribution in [2.45, 2.75) is 19.8 Å². The minimum absolute atomic E-state index is 0.560. The Bertz CT molecular complexity index is 532. The van der Waals surface area contributed by atoms with Crippen LogP contribution < -0.4 is 10.1 Å². The first-order valence-corrected chi connectivity index (χ1v) is 6.34. The molecule has 0 amide bonds. The van der Waals surface area contributed by atoms with Crippen LogP contribution in [-0.2, 0) is 0 Å². The van der Waals surface area contributed by atoms with Crippen LogP contribution in [0.1, 0.15) is 18.7 Å². The van der Waals surface area contributed by atoms with Crippen LogP contribution in [0.5, 0.6) is 5.88 Å². The standard InChI is InChI=1S/C12H17N5O/c1-9-15-16-11-12(14-5-6-17(9)11)18-8-10-3-2-4-13-7-10/h5-6,10,13H,2-4,7-8H2,1H3. The van der Waals surface area contributed by atoms with Crippen molar-refractivity contribution in [1.29, 1.82) is 0 Å². The number of piperidine rings is 1. The highest BCUT2D eigenvalue weighted by molar-refractivity contribution is 5.48. The van der Waals surface area contributed by atoms with E-state index in [0.717, 1.165) is 18.9 Å². The summed E-state index contributed by atoms with van der Waals surface area (Å²) < 4.78 is 7.69. The molecule has 0 aromatic carbocycles. The molecule has 1 fully saturated rings. The molecule has 1 aliphatic heterocycles. The van der Waals surface area contributed by atoms with Gasteiger partial charge in [0.15, 0.2) is 0 Å². The number of aromatic nitrogens is 4. The number of aryl methyl sites for hydroxylation is 1. The predicted molar refractivity (Wildman–Crippen MR) is 66.6 cm³/mol. The number of ether oxygens (including phenoxy) is 1. The first-order chi connectivity index (χ1) is 8.84. The van der Waals surface area contributed by atoms with Crippen LogP contribution in [0.3, 0.4) is 0 Å². The van der Waals surface area contributed by atoms with Crippen molar-refractivity contribution >= 4 is 5.65 Å². The summed E-state index contributed by atoms with van der Waals surface area (Å²) in [5, 5.41) is 11.5. The second kappa shape index (κ2) is 4.89.